The Labute approximate surface area is 127 Å². The first-order valence-electron chi connectivity index (χ1n) is 8.14. The highest BCUT2D eigenvalue weighted by Gasteiger charge is 2.48. The molecular weight excluding hydrogens is 262 g/mol. The van der Waals surface area contributed by atoms with Gasteiger partial charge in [0, 0.05) is 50.6 Å². The normalized spacial score (nSPS) is 30.2. The third-order valence-electron chi connectivity index (χ3n) is 5.07. The second-order valence-corrected chi connectivity index (χ2v) is 6.22. The maximum atomic E-state index is 6.09. The van der Waals surface area contributed by atoms with Gasteiger partial charge in [-0.3, -0.25) is 4.90 Å². The van der Waals surface area contributed by atoms with Crippen LogP contribution in [-0.2, 0) is 4.74 Å². The van der Waals surface area contributed by atoms with Gasteiger partial charge in [-0.25, -0.2) is 0 Å². The molecule has 0 atom stereocenters. The van der Waals surface area contributed by atoms with Crippen LogP contribution in [0, 0.1) is 0 Å². The van der Waals surface area contributed by atoms with E-state index in [2.05, 4.69) is 47.1 Å². The lowest BCUT2D eigenvalue weighted by Crippen LogP contribution is -2.67. The van der Waals surface area contributed by atoms with Gasteiger partial charge in [0.1, 0.15) is 0 Å². The van der Waals surface area contributed by atoms with Crippen LogP contribution in [0.2, 0.25) is 0 Å². The number of hydrogen-bond acceptors (Lipinski definition) is 4. The van der Waals surface area contributed by atoms with Crippen molar-refractivity contribution in [1.82, 2.24) is 4.90 Å². The molecule has 21 heavy (non-hydrogen) atoms. The summed E-state index contributed by atoms with van der Waals surface area (Å²) >= 11 is 0. The monoisotopic (exact) mass is 289 g/mol. The molecule has 1 saturated heterocycles. The predicted octanol–water partition coefficient (Wildman–Crippen LogP) is 1.71. The van der Waals surface area contributed by atoms with Gasteiger partial charge < -0.3 is 15.4 Å². The standard InChI is InChI=1S/C17H27N3O/c1-2-21-16-12-17(13-16,14-18)20-10-8-19(9-11-20)15-6-4-3-5-7-15/h3-7,16H,2,8-14,18H2,1H3. The number of nitrogens with two attached hydrogens (primary N) is 1. The minimum absolute atomic E-state index is 0.197. The van der Waals surface area contributed by atoms with E-state index in [0.717, 1.165) is 52.2 Å². The van der Waals surface area contributed by atoms with Crippen molar-refractivity contribution in [3.63, 3.8) is 0 Å². The van der Waals surface area contributed by atoms with E-state index < -0.39 is 0 Å². The molecule has 1 aliphatic carbocycles. The number of nitrogens with zero attached hydrogens (tertiary/aromatic N) is 2. The number of benzene rings is 1. The van der Waals surface area contributed by atoms with Crippen LogP contribution < -0.4 is 10.6 Å². The van der Waals surface area contributed by atoms with Crippen LogP contribution in [0.25, 0.3) is 0 Å². The molecule has 116 valence electrons. The number of rotatable bonds is 5. The Balaban J connectivity index is 1.56. The Morgan fingerprint density at radius 2 is 1.81 bits per heavy atom. The van der Waals surface area contributed by atoms with E-state index in [-0.39, 0.29) is 5.54 Å². The van der Waals surface area contributed by atoms with Crippen LogP contribution in [0.5, 0.6) is 0 Å². The Morgan fingerprint density at radius 1 is 1.14 bits per heavy atom. The summed E-state index contributed by atoms with van der Waals surface area (Å²) in [7, 11) is 0. The van der Waals surface area contributed by atoms with Gasteiger partial charge in [-0.15, -0.1) is 0 Å². The number of anilines is 1. The first kappa shape index (κ1) is 14.8. The molecule has 0 spiro atoms. The fourth-order valence-corrected chi connectivity index (χ4v) is 3.77. The summed E-state index contributed by atoms with van der Waals surface area (Å²) < 4.78 is 5.72. The first-order chi connectivity index (χ1) is 10.3. The summed E-state index contributed by atoms with van der Waals surface area (Å²) in [6, 6.07) is 10.7. The van der Waals surface area contributed by atoms with Gasteiger partial charge in [0.15, 0.2) is 0 Å². The van der Waals surface area contributed by atoms with Gasteiger partial charge in [0.25, 0.3) is 0 Å². The zero-order chi connectivity index (χ0) is 14.7. The summed E-state index contributed by atoms with van der Waals surface area (Å²) in [5, 5.41) is 0. The molecule has 1 heterocycles. The molecule has 3 rings (SSSR count). The van der Waals surface area contributed by atoms with Gasteiger partial charge in [-0.05, 0) is 31.9 Å². The Bertz CT molecular complexity index is 437. The lowest BCUT2D eigenvalue weighted by molar-refractivity contribution is -0.101. The molecule has 0 aromatic heterocycles. The Kier molecular flexibility index (Phi) is 4.48. The fraction of sp³-hybridized carbons (Fsp3) is 0.647. The van der Waals surface area contributed by atoms with Crippen molar-refractivity contribution in [3.05, 3.63) is 30.3 Å². The molecule has 2 fully saturated rings. The number of ether oxygens (including phenoxy) is 1. The van der Waals surface area contributed by atoms with Crippen LogP contribution in [0.3, 0.4) is 0 Å². The van der Waals surface area contributed by atoms with Gasteiger partial charge in [0.05, 0.1) is 6.10 Å². The van der Waals surface area contributed by atoms with E-state index in [1.165, 1.54) is 5.69 Å². The summed E-state index contributed by atoms with van der Waals surface area (Å²) in [5.74, 6) is 0. The maximum absolute atomic E-state index is 6.09. The lowest BCUT2D eigenvalue weighted by Gasteiger charge is -2.55. The largest absolute Gasteiger partial charge is 0.378 e. The summed E-state index contributed by atoms with van der Waals surface area (Å²) in [6.07, 6.45) is 2.62. The Hall–Kier alpha value is -1.10. The molecule has 0 amide bonds. The van der Waals surface area contributed by atoms with Crippen LogP contribution >= 0.6 is 0 Å². The molecule has 2 N–H and O–H groups in total. The number of piperazine rings is 1. The predicted molar refractivity (Wildman–Crippen MR) is 86.7 cm³/mol. The minimum atomic E-state index is 0.197. The molecule has 4 heteroatoms. The number of hydrogen-bond donors (Lipinski definition) is 1. The molecule has 0 radical (unpaired) electrons. The third-order valence-corrected chi connectivity index (χ3v) is 5.07. The first-order valence-corrected chi connectivity index (χ1v) is 8.14. The minimum Gasteiger partial charge on any atom is -0.378 e. The van der Waals surface area contributed by atoms with Crippen molar-refractivity contribution >= 4 is 5.69 Å². The average molecular weight is 289 g/mol. The molecule has 1 aromatic carbocycles. The van der Waals surface area contributed by atoms with Crippen molar-refractivity contribution in [3.8, 4) is 0 Å². The van der Waals surface area contributed by atoms with Gasteiger partial charge in [-0.1, -0.05) is 18.2 Å². The quantitative estimate of drug-likeness (QED) is 0.896. The van der Waals surface area contributed by atoms with Gasteiger partial charge in [-0.2, -0.15) is 0 Å². The SMILES string of the molecule is CCOC1CC(CN)(N2CCN(c3ccccc3)CC2)C1. The molecule has 1 saturated carbocycles. The van der Waals surface area contributed by atoms with Crippen LogP contribution in [0.4, 0.5) is 5.69 Å². The second kappa shape index (κ2) is 6.34. The molecular formula is C17H27N3O. The molecule has 0 bridgehead atoms. The van der Waals surface area contributed by atoms with Crippen LogP contribution in [0.1, 0.15) is 19.8 Å². The highest BCUT2D eigenvalue weighted by atomic mass is 16.5. The van der Waals surface area contributed by atoms with Crippen molar-refractivity contribution in [2.45, 2.75) is 31.4 Å². The topological polar surface area (TPSA) is 41.7 Å². The molecule has 0 unspecified atom stereocenters. The third kappa shape index (κ3) is 2.93. The van der Waals surface area contributed by atoms with E-state index in [9.17, 15) is 0 Å². The maximum Gasteiger partial charge on any atom is 0.0611 e. The number of para-hydroxylation sites is 1. The highest BCUT2D eigenvalue weighted by Crippen LogP contribution is 2.39. The zero-order valence-corrected chi connectivity index (χ0v) is 13.0. The van der Waals surface area contributed by atoms with Crippen LogP contribution in [-0.4, -0.2) is 55.9 Å². The van der Waals surface area contributed by atoms with E-state index in [4.69, 9.17) is 10.5 Å². The van der Waals surface area contributed by atoms with E-state index in [1.807, 2.05) is 0 Å². The summed E-state index contributed by atoms with van der Waals surface area (Å²) in [6.45, 7) is 8.02. The highest BCUT2D eigenvalue weighted by molar-refractivity contribution is 5.46. The Morgan fingerprint density at radius 3 is 2.38 bits per heavy atom. The molecule has 1 aromatic rings. The molecule has 4 nitrogen and oxygen atoms in total. The van der Waals surface area contributed by atoms with E-state index in [1.54, 1.807) is 0 Å². The summed E-state index contributed by atoms with van der Waals surface area (Å²) in [4.78, 5) is 5.07. The van der Waals surface area contributed by atoms with Crippen molar-refractivity contribution in [2.75, 3.05) is 44.2 Å². The zero-order valence-electron chi connectivity index (χ0n) is 13.0. The molecule has 2 aliphatic rings. The van der Waals surface area contributed by atoms with Gasteiger partial charge in [0.2, 0.25) is 0 Å². The van der Waals surface area contributed by atoms with Gasteiger partial charge >= 0.3 is 0 Å². The smallest absolute Gasteiger partial charge is 0.0611 e. The lowest BCUT2D eigenvalue weighted by atomic mass is 9.72. The summed E-state index contributed by atoms with van der Waals surface area (Å²) in [5.41, 5.74) is 7.62. The average Bonchev–Trinajstić information content (AvgIpc) is 2.52. The van der Waals surface area contributed by atoms with Crippen molar-refractivity contribution < 1.29 is 4.74 Å². The van der Waals surface area contributed by atoms with E-state index in [0.29, 0.717) is 6.10 Å². The van der Waals surface area contributed by atoms with E-state index >= 15 is 0 Å². The van der Waals surface area contributed by atoms with Crippen molar-refractivity contribution in [1.29, 1.82) is 0 Å². The second-order valence-electron chi connectivity index (χ2n) is 6.22. The van der Waals surface area contributed by atoms with Crippen LogP contribution in [0.15, 0.2) is 30.3 Å². The molecule has 1 aliphatic heterocycles. The fourth-order valence-electron chi connectivity index (χ4n) is 3.77. The van der Waals surface area contributed by atoms with Crippen molar-refractivity contribution in [2.24, 2.45) is 5.73 Å².